The zero-order valence-electron chi connectivity index (χ0n) is 15.2. The summed E-state index contributed by atoms with van der Waals surface area (Å²) in [4.78, 5) is 28.2. The van der Waals surface area contributed by atoms with Crippen molar-refractivity contribution < 1.29 is 14.7 Å². The van der Waals surface area contributed by atoms with Crippen molar-refractivity contribution >= 4 is 34.0 Å². The number of carbonyl (C=O) groups is 2. The maximum atomic E-state index is 12.1. The van der Waals surface area contributed by atoms with Crippen LogP contribution in [0.4, 0.5) is 0 Å². The monoisotopic (exact) mass is 382 g/mol. The van der Waals surface area contributed by atoms with Crippen LogP contribution >= 0.6 is 11.3 Å². The van der Waals surface area contributed by atoms with E-state index in [0.29, 0.717) is 13.0 Å². The van der Waals surface area contributed by atoms with Crippen LogP contribution < -0.4 is 5.32 Å². The number of rotatable bonds is 8. The predicted octanol–water partition coefficient (Wildman–Crippen LogP) is 3.72. The van der Waals surface area contributed by atoms with Gasteiger partial charge in [0.2, 0.25) is 5.91 Å². The SMILES string of the molecule is Cc1nc(Cc2cccc3ccccc23)sc1CC(=O)NCCCC(=O)O. The molecule has 0 aliphatic rings. The van der Waals surface area contributed by atoms with Gasteiger partial charge in [-0.05, 0) is 29.7 Å². The molecule has 1 heterocycles. The summed E-state index contributed by atoms with van der Waals surface area (Å²) < 4.78 is 0. The first kappa shape index (κ1) is 19.0. The Morgan fingerprint density at radius 1 is 1.15 bits per heavy atom. The smallest absolute Gasteiger partial charge is 0.303 e. The quantitative estimate of drug-likeness (QED) is 0.582. The molecule has 140 valence electrons. The van der Waals surface area contributed by atoms with Crippen LogP contribution in [0.25, 0.3) is 10.8 Å². The second-order valence-electron chi connectivity index (χ2n) is 6.46. The summed E-state index contributed by atoms with van der Waals surface area (Å²) >= 11 is 1.57. The summed E-state index contributed by atoms with van der Waals surface area (Å²) in [5, 5.41) is 14.8. The topological polar surface area (TPSA) is 79.3 Å². The van der Waals surface area contributed by atoms with Crippen molar-refractivity contribution in [1.82, 2.24) is 10.3 Å². The van der Waals surface area contributed by atoms with Crippen LogP contribution in [0.15, 0.2) is 42.5 Å². The third kappa shape index (κ3) is 5.14. The molecular formula is C21H22N2O3S. The molecule has 0 spiro atoms. The molecule has 0 saturated carbocycles. The Bertz CT molecular complexity index is 960. The molecule has 5 nitrogen and oxygen atoms in total. The van der Waals surface area contributed by atoms with Crippen molar-refractivity contribution in [3.63, 3.8) is 0 Å². The van der Waals surface area contributed by atoms with E-state index in [0.717, 1.165) is 22.0 Å². The summed E-state index contributed by atoms with van der Waals surface area (Å²) in [7, 11) is 0. The van der Waals surface area contributed by atoms with Gasteiger partial charge in [-0.1, -0.05) is 42.5 Å². The van der Waals surface area contributed by atoms with E-state index in [9.17, 15) is 9.59 Å². The van der Waals surface area contributed by atoms with E-state index in [1.165, 1.54) is 16.3 Å². The van der Waals surface area contributed by atoms with Gasteiger partial charge in [0.1, 0.15) is 0 Å². The van der Waals surface area contributed by atoms with Gasteiger partial charge in [-0.3, -0.25) is 9.59 Å². The molecule has 0 atom stereocenters. The number of nitrogens with one attached hydrogen (secondary N) is 1. The molecule has 0 unspecified atom stereocenters. The zero-order valence-corrected chi connectivity index (χ0v) is 16.0. The molecule has 0 radical (unpaired) electrons. The molecule has 1 amide bonds. The zero-order chi connectivity index (χ0) is 19.2. The van der Waals surface area contributed by atoms with Crippen molar-refractivity contribution in [2.45, 2.75) is 32.6 Å². The Morgan fingerprint density at radius 2 is 1.93 bits per heavy atom. The fourth-order valence-electron chi connectivity index (χ4n) is 3.01. The van der Waals surface area contributed by atoms with E-state index in [2.05, 4.69) is 40.6 Å². The minimum atomic E-state index is -0.847. The van der Waals surface area contributed by atoms with Crippen LogP contribution in [0.5, 0.6) is 0 Å². The van der Waals surface area contributed by atoms with E-state index >= 15 is 0 Å². The van der Waals surface area contributed by atoms with Gasteiger partial charge in [0, 0.05) is 24.3 Å². The van der Waals surface area contributed by atoms with E-state index in [4.69, 9.17) is 5.11 Å². The van der Waals surface area contributed by atoms with Gasteiger partial charge in [0.25, 0.3) is 0 Å². The standard InChI is InChI=1S/C21H22N2O3S/c1-14-18(13-19(24)22-11-5-10-21(25)26)27-20(23-14)12-16-8-4-7-15-6-2-3-9-17(15)16/h2-4,6-9H,5,10-13H2,1H3,(H,22,24)(H,25,26). The van der Waals surface area contributed by atoms with Crippen molar-refractivity contribution in [3.05, 3.63) is 63.6 Å². The highest BCUT2D eigenvalue weighted by atomic mass is 32.1. The summed E-state index contributed by atoms with van der Waals surface area (Å²) in [5.41, 5.74) is 2.11. The normalized spacial score (nSPS) is 10.9. The number of nitrogens with zero attached hydrogens (tertiary/aromatic N) is 1. The van der Waals surface area contributed by atoms with Gasteiger partial charge in [-0.25, -0.2) is 4.98 Å². The van der Waals surface area contributed by atoms with Crippen molar-refractivity contribution in [2.24, 2.45) is 0 Å². The van der Waals surface area contributed by atoms with Gasteiger partial charge in [-0.15, -0.1) is 11.3 Å². The number of aryl methyl sites for hydroxylation is 1. The summed E-state index contributed by atoms with van der Waals surface area (Å²) in [6.07, 6.45) is 1.53. The number of fused-ring (bicyclic) bond motifs is 1. The third-order valence-corrected chi connectivity index (χ3v) is 5.53. The van der Waals surface area contributed by atoms with Gasteiger partial charge in [0.15, 0.2) is 0 Å². The van der Waals surface area contributed by atoms with Gasteiger partial charge < -0.3 is 10.4 Å². The number of hydrogen-bond donors (Lipinski definition) is 2. The van der Waals surface area contributed by atoms with Crippen LogP contribution in [0, 0.1) is 6.92 Å². The highest BCUT2D eigenvalue weighted by molar-refractivity contribution is 7.11. The van der Waals surface area contributed by atoms with Crippen molar-refractivity contribution in [1.29, 1.82) is 0 Å². The lowest BCUT2D eigenvalue weighted by molar-refractivity contribution is -0.137. The molecule has 0 fully saturated rings. The van der Waals surface area contributed by atoms with Crippen LogP contribution in [0.2, 0.25) is 0 Å². The van der Waals surface area contributed by atoms with E-state index in [1.54, 1.807) is 11.3 Å². The Labute approximate surface area is 162 Å². The molecule has 6 heteroatoms. The number of amides is 1. The number of aliphatic carboxylic acids is 1. The number of carboxylic acid groups (broad SMARTS) is 1. The molecule has 2 aromatic carbocycles. The Balaban J connectivity index is 1.64. The number of aromatic nitrogens is 1. The first-order valence-electron chi connectivity index (χ1n) is 8.93. The molecule has 1 aromatic heterocycles. The maximum absolute atomic E-state index is 12.1. The van der Waals surface area contributed by atoms with Crippen molar-refractivity contribution in [2.75, 3.05) is 6.54 Å². The van der Waals surface area contributed by atoms with Crippen LogP contribution in [-0.2, 0) is 22.4 Å². The number of hydrogen-bond acceptors (Lipinski definition) is 4. The molecule has 2 N–H and O–H groups in total. The fourth-order valence-corrected chi connectivity index (χ4v) is 4.10. The number of carboxylic acids is 1. The molecule has 0 saturated heterocycles. The second-order valence-corrected chi connectivity index (χ2v) is 7.62. The first-order valence-corrected chi connectivity index (χ1v) is 9.75. The minimum absolute atomic E-state index is 0.0645. The molecule has 3 aromatic rings. The molecular weight excluding hydrogens is 360 g/mol. The molecule has 3 rings (SSSR count). The largest absolute Gasteiger partial charge is 0.481 e. The molecule has 0 aliphatic heterocycles. The second kappa shape index (κ2) is 8.77. The highest BCUT2D eigenvalue weighted by Crippen LogP contribution is 2.25. The van der Waals surface area contributed by atoms with Gasteiger partial charge >= 0.3 is 5.97 Å². The highest BCUT2D eigenvalue weighted by Gasteiger charge is 2.13. The lowest BCUT2D eigenvalue weighted by Gasteiger charge is -2.04. The van der Waals surface area contributed by atoms with Gasteiger partial charge in [0.05, 0.1) is 17.1 Å². The summed E-state index contributed by atoms with van der Waals surface area (Å²) in [5.74, 6) is -0.940. The maximum Gasteiger partial charge on any atom is 0.303 e. The van der Waals surface area contributed by atoms with Crippen LogP contribution in [-0.4, -0.2) is 28.5 Å². The van der Waals surface area contributed by atoms with Crippen molar-refractivity contribution in [3.8, 4) is 0 Å². The Kier molecular flexibility index (Phi) is 6.19. The lowest BCUT2D eigenvalue weighted by Crippen LogP contribution is -2.26. The first-order chi connectivity index (χ1) is 13.0. The van der Waals surface area contributed by atoms with Crippen LogP contribution in [0.3, 0.4) is 0 Å². The van der Waals surface area contributed by atoms with Crippen LogP contribution in [0.1, 0.15) is 34.0 Å². The number of benzene rings is 2. The summed E-state index contributed by atoms with van der Waals surface area (Å²) in [6.45, 7) is 2.31. The third-order valence-electron chi connectivity index (χ3n) is 4.37. The fraction of sp³-hybridized carbons (Fsp3) is 0.286. The van der Waals surface area contributed by atoms with E-state index in [-0.39, 0.29) is 18.7 Å². The summed E-state index contributed by atoms with van der Waals surface area (Å²) in [6, 6.07) is 14.6. The molecule has 0 aliphatic carbocycles. The predicted molar refractivity (Wildman–Crippen MR) is 107 cm³/mol. The minimum Gasteiger partial charge on any atom is -0.481 e. The average molecular weight is 382 g/mol. The Morgan fingerprint density at radius 3 is 2.74 bits per heavy atom. The Hall–Kier alpha value is -2.73. The number of thiazole rings is 1. The van der Waals surface area contributed by atoms with Gasteiger partial charge in [-0.2, -0.15) is 0 Å². The molecule has 27 heavy (non-hydrogen) atoms. The average Bonchev–Trinajstić information content (AvgIpc) is 2.98. The van der Waals surface area contributed by atoms with E-state index in [1.807, 2.05) is 19.1 Å². The van der Waals surface area contributed by atoms with E-state index < -0.39 is 5.97 Å². The molecule has 0 bridgehead atoms. The number of carbonyl (C=O) groups excluding carboxylic acids is 1. The lowest BCUT2D eigenvalue weighted by atomic mass is 10.0.